The third kappa shape index (κ3) is 3.29. The predicted molar refractivity (Wildman–Crippen MR) is 88.8 cm³/mol. The van der Waals surface area contributed by atoms with Gasteiger partial charge >= 0.3 is 12.1 Å². The molecule has 0 atom stereocenters. The summed E-state index contributed by atoms with van der Waals surface area (Å²) >= 11 is 0. The maximum Gasteiger partial charge on any atom is 0.417 e. The second-order valence-electron chi connectivity index (χ2n) is 6.35. The molecule has 0 aliphatic heterocycles. The number of hydrogen-bond acceptors (Lipinski definition) is 5. The van der Waals surface area contributed by atoms with Gasteiger partial charge in [0.25, 0.3) is 0 Å². The number of rotatable bonds is 5. The van der Waals surface area contributed by atoms with E-state index in [9.17, 15) is 18.0 Å². The molecule has 0 N–H and O–H groups in total. The molecule has 3 heterocycles. The summed E-state index contributed by atoms with van der Waals surface area (Å²) < 4.78 is 52.7. The van der Waals surface area contributed by atoms with Crippen LogP contribution >= 0.6 is 0 Å². The van der Waals surface area contributed by atoms with E-state index in [-0.39, 0.29) is 41.6 Å². The number of esters is 1. The molecule has 142 valence electrons. The Morgan fingerprint density at radius 1 is 1.41 bits per heavy atom. The summed E-state index contributed by atoms with van der Waals surface area (Å²) in [5, 5.41) is 4.24. The Morgan fingerprint density at radius 2 is 2.19 bits per heavy atom. The van der Waals surface area contributed by atoms with E-state index in [2.05, 4.69) is 10.1 Å². The van der Waals surface area contributed by atoms with Crippen LogP contribution < -0.4 is 0 Å². The number of hydrogen-bond donors (Lipinski definition) is 0. The van der Waals surface area contributed by atoms with E-state index >= 15 is 0 Å². The molecule has 0 radical (unpaired) electrons. The average molecular weight is 379 g/mol. The van der Waals surface area contributed by atoms with Gasteiger partial charge in [-0.3, -0.25) is 4.79 Å². The topological polar surface area (TPSA) is 70.2 Å². The van der Waals surface area contributed by atoms with Gasteiger partial charge < -0.3 is 9.15 Å². The van der Waals surface area contributed by atoms with Gasteiger partial charge in [-0.15, -0.1) is 0 Å². The zero-order valence-corrected chi connectivity index (χ0v) is 14.4. The summed E-state index contributed by atoms with van der Waals surface area (Å²) in [6.07, 6.45) is -1.70. The fourth-order valence-corrected chi connectivity index (χ4v) is 3.05. The van der Waals surface area contributed by atoms with Crippen molar-refractivity contribution in [3.05, 3.63) is 35.7 Å². The van der Waals surface area contributed by atoms with Gasteiger partial charge in [-0.1, -0.05) is 0 Å². The predicted octanol–water partition coefficient (Wildman–Crippen LogP) is 4.15. The van der Waals surface area contributed by atoms with Gasteiger partial charge in [0.1, 0.15) is 12.2 Å². The standard InChI is InChI=1S/C18H16F3N3O3/c1-2-26-14(25)9-24-17-15(16(23-24)10-5-6-10)11(18(19,20)21)8-12(22-17)13-4-3-7-27-13/h3-4,7-8,10H,2,5-6,9H2,1H3. The van der Waals surface area contributed by atoms with E-state index in [1.165, 1.54) is 17.0 Å². The Labute approximate surface area is 151 Å². The van der Waals surface area contributed by atoms with E-state index < -0.39 is 17.7 Å². The first-order valence-electron chi connectivity index (χ1n) is 8.56. The number of pyridine rings is 1. The molecule has 0 unspecified atom stereocenters. The van der Waals surface area contributed by atoms with E-state index in [4.69, 9.17) is 9.15 Å². The Kier molecular flexibility index (Phi) is 4.16. The zero-order valence-electron chi connectivity index (χ0n) is 14.4. The van der Waals surface area contributed by atoms with E-state index in [1.54, 1.807) is 13.0 Å². The first kappa shape index (κ1) is 17.6. The SMILES string of the molecule is CCOC(=O)Cn1nc(C2CC2)c2c(C(F)(F)F)cc(-c3ccco3)nc21. The molecule has 1 aliphatic rings. The van der Waals surface area contributed by atoms with E-state index in [0.29, 0.717) is 5.69 Å². The third-order valence-electron chi connectivity index (χ3n) is 4.36. The third-order valence-corrected chi connectivity index (χ3v) is 4.36. The minimum absolute atomic E-state index is 0.00572. The molecule has 0 spiro atoms. The lowest BCUT2D eigenvalue weighted by atomic mass is 10.1. The van der Waals surface area contributed by atoms with Crippen LogP contribution in [0, 0.1) is 0 Å². The molecular formula is C18H16F3N3O3. The molecule has 1 fully saturated rings. The Morgan fingerprint density at radius 3 is 2.78 bits per heavy atom. The highest BCUT2D eigenvalue weighted by atomic mass is 19.4. The highest BCUT2D eigenvalue weighted by Gasteiger charge is 2.39. The monoisotopic (exact) mass is 379 g/mol. The number of nitrogens with zero attached hydrogens (tertiary/aromatic N) is 3. The minimum atomic E-state index is -4.59. The van der Waals surface area contributed by atoms with Crippen LogP contribution in [0.25, 0.3) is 22.5 Å². The maximum absolute atomic E-state index is 13.8. The molecule has 9 heteroatoms. The van der Waals surface area contributed by atoms with Crippen LogP contribution in [-0.2, 0) is 22.3 Å². The van der Waals surface area contributed by atoms with Crippen molar-refractivity contribution in [2.75, 3.05) is 6.61 Å². The molecule has 0 amide bonds. The van der Waals surface area contributed by atoms with Crippen molar-refractivity contribution in [2.24, 2.45) is 0 Å². The summed E-state index contributed by atoms with van der Waals surface area (Å²) in [6.45, 7) is 1.53. The van der Waals surface area contributed by atoms with Gasteiger partial charge in [0.05, 0.1) is 29.5 Å². The summed E-state index contributed by atoms with van der Waals surface area (Å²) in [5.74, 6) is -0.421. The van der Waals surface area contributed by atoms with Crippen LogP contribution in [0.3, 0.4) is 0 Å². The molecule has 0 saturated heterocycles. The molecule has 4 rings (SSSR count). The van der Waals surface area contributed by atoms with Crippen molar-refractivity contribution in [3.63, 3.8) is 0 Å². The lowest BCUT2D eigenvalue weighted by Gasteiger charge is -2.11. The largest absolute Gasteiger partial charge is 0.465 e. The summed E-state index contributed by atoms with van der Waals surface area (Å²) in [6, 6.07) is 4.08. The van der Waals surface area contributed by atoms with Gasteiger partial charge in [0.15, 0.2) is 11.4 Å². The van der Waals surface area contributed by atoms with Gasteiger partial charge in [-0.2, -0.15) is 18.3 Å². The maximum atomic E-state index is 13.8. The molecule has 0 bridgehead atoms. The Bertz CT molecular complexity index is 989. The van der Waals surface area contributed by atoms with Crippen molar-refractivity contribution >= 4 is 17.0 Å². The smallest absolute Gasteiger partial charge is 0.417 e. The number of carbonyl (C=O) groups excluding carboxylic acids is 1. The molecular weight excluding hydrogens is 363 g/mol. The summed E-state index contributed by atoms with van der Waals surface area (Å²) in [7, 11) is 0. The molecule has 27 heavy (non-hydrogen) atoms. The Hall–Kier alpha value is -2.84. The van der Waals surface area contributed by atoms with Crippen LogP contribution in [0.2, 0.25) is 0 Å². The number of alkyl halides is 3. The van der Waals surface area contributed by atoms with Crippen LogP contribution in [-0.4, -0.2) is 27.3 Å². The second kappa shape index (κ2) is 6.40. The van der Waals surface area contributed by atoms with Crippen molar-refractivity contribution in [1.29, 1.82) is 0 Å². The normalized spacial score (nSPS) is 14.7. The Balaban J connectivity index is 1.95. The second-order valence-corrected chi connectivity index (χ2v) is 6.35. The van der Waals surface area contributed by atoms with Gasteiger partial charge in [-0.25, -0.2) is 9.67 Å². The molecule has 1 saturated carbocycles. The highest BCUT2D eigenvalue weighted by molar-refractivity contribution is 5.87. The quantitative estimate of drug-likeness (QED) is 0.623. The van der Waals surface area contributed by atoms with Crippen molar-refractivity contribution in [3.8, 4) is 11.5 Å². The van der Waals surface area contributed by atoms with Crippen LogP contribution in [0.15, 0.2) is 28.9 Å². The van der Waals surface area contributed by atoms with Crippen molar-refractivity contribution in [1.82, 2.24) is 14.8 Å². The molecule has 1 aliphatic carbocycles. The van der Waals surface area contributed by atoms with Gasteiger partial charge in [0.2, 0.25) is 0 Å². The average Bonchev–Trinajstić information content (AvgIpc) is 3.17. The fraction of sp³-hybridized carbons (Fsp3) is 0.389. The summed E-state index contributed by atoms with van der Waals surface area (Å²) in [4.78, 5) is 16.2. The minimum Gasteiger partial charge on any atom is -0.465 e. The molecule has 6 nitrogen and oxygen atoms in total. The first-order chi connectivity index (χ1) is 12.9. The van der Waals surface area contributed by atoms with Gasteiger partial charge in [-0.05, 0) is 38.0 Å². The van der Waals surface area contributed by atoms with E-state index in [0.717, 1.165) is 18.9 Å². The molecule has 3 aromatic heterocycles. The lowest BCUT2D eigenvalue weighted by molar-refractivity contribution is -0.144. The van der Waals surface area contributed by atoms with Crippen molar-refractivity contribution in [2.45, 2.75) is 38.4 Å². The zero-order chi connectivity index (χ0) is 19.2. The lowest BCUT2D eigenvalue weighted by Crippen LogP contribution is -2.15. The highest BCUT2D eigenvalue weighted by Crippen LogP contribution is 2.46. The summed E-state index contributed by atoms with van der Waals surface area (Å²) in [5.41, 5.74) is -0.450. The number of ether oxygens (including phenoxy) is 1. The number of fused-ring (bicyclic) bond motifs is 1. The van der Waals surface area contributed by atoms with Crippen LogP contribution in [0.5, 0.6) is 0 Å². The number of carbonyl (C=O) groups is 1. The number of furan rings is 1. The number of aromatic nitrogens is 3. The number of halogens is 3. The van der Waals surface area contributed by atoms with E-state index in [1.807, 2.05) is 0 Å². The fourth-order valence-electron chi connectivity index (χ4n) is 3.05. The molecule has 0 aromatic carbocycles. The van der Waals surface area contributed by atoms with Gasteiger partial charge in [0, 0.05) is 5.92 Å². The van der Waals surface area contributed by atoms with Crippen LogP contribution in [0.4, 0.5) is 13.2 Å². The molecule has 3 aromatic rings. The first-order valence-corrected chi connectivity index (χ1v) is 8.56. The van der Waals surface area contributed by atoms with Crippen molar-refractivity contribution < 1.29 is 27.1 Å². The van der Waals surface area contributed by atoms with Crippen LogP contribution in [0.1, 0.15) is 36.9 Å².